The molecule has 1 aromatic heterocycles. The second-order valence-electron chi connectivity index (χ2n) is 3.91. The van der Waals surface area contributed by atoms with Crippen molar-refractivity contribution in [1.82, 2.24) is 4.98 Å². The van der Waals surface area contributed by atoms with Crippen LogP contribution in [0.25, 0.3) is 0 Å². The van der Waals surface area contributed by atoms with Gasteiger partial charge in [0, 0.05) is 16.8 Å². The van der Waals surface area contributed by atoms with Gasteiger partial charge in [-0.2, -0.15) is 0 Å². The highest BCUT2D eigenvalue weighted by molar-refractivity contribution is 5.18. The summed E-state index contributed by atoms with van der Waals surface area (Å²) in [7, 11) is 0. The van der Waals surface area contributed by atoms with Crippen LogP contribution in [0.5, 0.6) is 0 Å². The van der Waals surface area contributed by atoms with Crippen LogP contribution in [0.4, 0.5) is 0 Å². The highest BCUT2D eigenvalue weighted by atomic mass is 16.3. The molecule has 13 heavy (non-hydrogen) atoms. The van der Waals surface area contributed by atoms with E-state index in [2.05, 4.69) is 11.9 Å². The van der Waals surface area contributed by atoms with E-state index in [0.29, 0.717) is 0 Å². The number of pyridine rings is 1. The Labute approximate surface area is 79.6 Å². The molecule has 0 aliphatic rings. The summed E-state index contributed by atoms with van der Waals surface area (Å²) < 4.78 is 0. The van der Waals surface area contributed by atoms with Crippen LogP contribution < -0.4 is 0 Å². The number of rotatable bonds is 3. The van der Waals surface area contributed by atoms with E-state index in [1.807, 2.05) is 32.0 Å². The van der Waals surface area contributed by atoms with Gasteiger partial charge in [-0.05, 0) is 18.6 Å². The van der Waals surface area contributed by atoms with Gasteiger partial charge in [0.15, 0.2) is 0 Å². The monoisotopic (exact) mass is 179 g/mol. The number of nitrogens with zero attached hydrogens (tertiary/aromatic N) is 1. The van der Waals surface area contributed by atoms with Crippen LogP contribution in [-0.2, 0) is 11.8 Å². The van der Waals surface area contributed by atoms with Crippen molar-refractivity contribution < 1.29 is 5.11 Å². The minimum Gasteiger partial charge on any atom is -0.395 e. The summed E-state index contributed by atoms with van der Waals surface area (Å²) in [5.41, 5.74) is 1.82. The quantitative estimate of drug-likeness (QED) is 0.769. The van der Waals surface area contributed by atoms with Gasteiger partial charge in [-0.3, -0.25) is 4.98 Å². The average Bonchev–Trinajstić information content (AvgIpc) is 2.18. The fourth-order valence-electron chi connectivity index (χ4n) is 1.13. The molecule has 1 heterocycles. The molecular weight excluding hydrogens is 162 g/mol. The normalized spacial score (nSPS) is 11.7. The van der Waals surface area contributed by atoms with E-state index in [4.69, 9.17) is 0 Å². The molecule has 0 unspecified atom stereocenters. The minimum atomic E-state index is -0.231. The molecule has 0 spiro atoms. The van der Waals surface area contributed by atoms with Gasteiger partial charge in [0.1, 0.15) is 0 Å². The topological polar surface area (TPSA) is 33.1 Å². The van der Waals surface area contributed by atoms with E-state index in [0.717, 1.165) is 17.8 Å². The first-order valence-corrected chi connectivity index (χ1v) is 4.67. The Morgan fingerprint density at radius 1 is 1.38 bits per heavy atom. The second kappa shape index (κ2) is 3.88. The van der Waals surface area contributed by atoms with Crippen LogP contribution in [0.3, 0.4) is 0 Å². The summed E-state index contributed by atoms with van der Waals surface area (Å²) >= 11 is 0. The van der Waals surface area contributed by atoms with Crippen molar-refractivity contribution >= 4 is 0 Å². The van der Waals surface area contributed by atoms with Crippen LogP contribution in [0.2, 0.25) is 0 Å². The third-order valence-corrected chi connectivity index (χ3v) is 2.26. The van der Waals surface area contributed by atoms with Gasteiger partial charge in [0.05, 0.1) is 6.61 Å². The van der Waals surface area contributed by atoms with Crippen LogP contribution in [0.1, 0.15) is 32.2 Å². The molecule has 2 nitrogen and oxygen atoms in total. The summed E-state index contributed by atoms with van der Waals surface area (Å²) in [6.07, 6.45) is 0.940. The van der Waals surface area contributed by atoms with E-state index in [1.54, 1.807) is 0 Å². The zero-order valence-electron chi connectivity index (χ0n) is 8.54. The van der Waals surface area contributed by atoms with Gasteiger partial charge >= 0.3 is 0 Å². The summed E-state index contributed by atoms with van der Waals surface area (Å²) in [6.45, 7) is 6.20. The van der Waals surface area contributed by atoms with E-state index in [-0.39, 0.29) is 12.0 Å². The minimum absolute atomic E-state index is 0.132. The van der Waals surface area contributed by atoms with Gasteiger partial charge in [-0.15, -0.1) is 0 Å². The maximum atomic E-state index is 9.17. The fourth-order valence-corrected chi connectivity index (χ4v) is 1.13. The molecule has 0 bridgehead atoms. The first kappa shape index (κ1) is 10.2. The standard InChI is InChI=1S/C11H17NO/c1-4-9-6-5-7-10(12-9)11(2,3)8-13/h5-7,13H,4,8H2,1-3H3. The van der Waals surface area contributed by atoms with Crippen LogP contribution in [0, 0.1) is 0 Å². The molecule has 1 aromatic rings. The summed E-state index contributed by atoms with van der Waals surface area (Å²) in [4.78, 5) is 4.47. The van der Waals surface area contributed by atoms with Gasteiger partial charge in [0.2, 0.25) is 0 Å². The third-order valence-electron chi connectivity index (χ3n) is 2.26. The number of aryl methyl sites for hydroxylation is 1. The summed E-state index contributed by atoms with van der Waals surface area (Å²) in [6, 6.07) is 5.98. The van der Waals surface area contributed by atoms with Gasteiger partial charge in [0.25, 0.3) is 0 Å². The molecule has 0 saturated heterocycles. The largest absolute Gasteiger partial charge is 0.395 e. The average molecular weight is 179 g/mol. The molecule has 0 aliphatic carbocycles. The van der Waals surface area contributed by atoms with Crippen molar-refractivity contribution in [1.29, 1.82) is 0 Å². The molecule has 1 N–H and O–H groups in total. The van der Waals surface area contributed by atoms with Gasteiger partial charge in [-0.1, -0.05) is 26.8 Å². The number of aliphatic hydroxyl groups excluding tert-OH is 1. The number of aromatic nitrogens is 1. The molecule has 1 rings (SSSR count). The highest BCUT2D eigenvalue weighted by Crippen LogP contribution is 2.20. The molecule has 0 radical (unpaired) electrons. The number of hydrogen-bond donors (Lipinski definition) is 1. The van der Waals surface area contributed by atoms with Crippen molar-refractivity contribution in [2.45, 2.75) is 32.6 Å². The smallest absolute Gasteiger partial charge is 0.0537 e. The predicted molar refractivity (Wildman–Crippen MR) is 53.7 cm³/mol. The molecular formula is C11H17NO. The number of hydrogen-bond acceptors (Lipinski definition) is 2. The van der Waals surface area contributed by atoms with Crippen LogP contribution >= 0.6 is 0 Å². The van der Waals surface area contributed by atoms with Crippen molar-refractivity contribution in [2.75, 3.05) is 6.61 Å². The molecule has 2 heteroatoms. The Morgan fingerprint density at radius 3 is 2.62 bits per heavy atom. The van der Waals surface area contributed by atoms with E-state index >= 15 is 0 Å². The predicted octanol–water partition coefficient (Wildman–Crippen LogP) is 1.91. The van der Waals surface area contributed by atoms with E-state index in [9.17, 15) is 5.11 Å². The Balaban J connectivity index is 3.01. The van der Waals surface area contributed by atoms with Crippen LogP contribution in [0.15, 0.2) is 18.2 Å². The van der Waals surface area contributed by atoms with Gasteiger partial charge in [-0.25, -0.2) is 0 Å². The molecule has 0 aliphatic heterocycles. The lowest BCUT2D eigenvalue weighted by molar-refractivity contribution is 0.215. The van der Waals surface area contributed by atoms with Crippen LogP contribution in [-0.4, -0.2) is 16.7 Å². The van der Waals surface area contributed by atoms with Crippen molar-refractivity contribution in [3.05, 3.63) is 29.6 Å². The Hall–Kier alpha value is -0.890. The Morgan fingerprint density at radius 2 is 2.08 bits per heavy atom. The first-order valence-electron chi connectivity index (χ1n) is 4.67. The molecule has 0 amide bonds. The zero-order valence-corrected chi connectivity index (χ0v) is 8.54. The number of aliphatic hydroxyl groups is 1. The molecule has 72 valence electrons. The Bertz CT molecular complexity index is 281. The fraction of sp³-hybridized carbons (Fsp3) is 0.545. The van der Waals surface area contributed by atoms with Crippen molar-refractivity contribution in [3.8, 4) is 0 Å². The molecule has 0 aromatic carbocycles. The van der Waals surface area contributed by atoms with Crippen molar-refractivity contribution in [2.24, 2.45) is 0 Å². The van der Waals surface area contributed by atoms with E-state index in [1.165, 1.54) is 0 Å². The second-order valence-corrected chi connectivity index (χ2v) is 3.91. The Kier molecular flexibility index (Phi) is 3.04. The van der Waals surface area contributed by atoms with Gasteiger partial charge < -0.3 is 5.11 Å². The molecule has 0 saturated carbocycles. The summed E-state index contributed by atoms with van der Waals surface area (Å²) in [5.74, 6) is 0. The highest BCUT2D eigenvalue weighted by Gasteiger charge is 2.20. The lowest BCUT2D eigenvalue weighted by Crippen LogP contribution is -2.23. The zero-order chi connectivity index (χ0) is 9.90. The third kappa shape index (κ3) is 2.28. The molecule has 0 fully saturated rings. The summed E-state index contributed by atoms with van der Waals surface area (Å²) in [5, 5.41) is 9.17. The lowest BCUT2D eigenvalue weighted by atomic mass is 9.90. The van der Waals surface area contributed by atoms with Crippen molar-refractivity contribution in [3.63, 3.8) is 0 Å². The van der Waals surface area contributed by atoms with E-state index < -0.39 is 0 Å². The first-order chi connectivity index (χ1) is 6.10. The maximum Gasteiger partial charge on any atom is 0.0537 e. The SMILES string of the molecule is CCc1cccc(C(C)(C)CO)n1. The maximum absolute atomic E-state index is 9.17. The lowest BCUT2D eigenvalue weighted by Gasteiger charge is -2.21. The molecule has 0 atom stereocenters.